The first kappa shape index (κ1) is 23.1. The van der Waals surface area contributed by atoms with Gasteiger partial charge in [-0.1, -0.05) is 25.1 Å². The fourth-order valence-corrected chi connectivity index (χ4v) is 3.64. The number of carbonyl (C=O) groups excluding carboxylic acids is 1. The highest BCUT2D eigenvalue weighted by Crippen LogP contribution is 2.34. The molecule has 0 bridgehead atoms. The fraction of sp³-hybridized carbons (Fsp3) is 0.500. The Kier molecular flexibility index (Phi) is 7.91. The number of carbonyl (C=O) groups is 1. The van der Waals surface area contributed by atoms with Gasteiger partial charge in [0.05, 0.1) is 19.3 Å². The first-order chi connectivity index (χ1) is 15.0. The van der Waals surface area contributed by atoms with Crippen LogP contribution in [0.15, 0.2) is 41.3 Å². The predicted molar refractivity (Wildman–Crippen MR) is 114 cm³/mol. The monoisotopic (exact) mass is 431 g/mol. The van der Waals surface area contributed by atoms with E-state index in [1.165, 1.54) is 4.57 Å². The van der Waals surface area contributed by atoms with Crippen LogP contribution in [0.2, 0.25) is 0 Å². The van der Waals surface area contributed by atoms with Crippen LogP contribution in [0.25, 0.3) is 0 Å². The summed E-state index contributed by atoms with van der Waals surface area (Å²) in [5.41, 5.74) is 0.551. The van der Waals surface area contributed by atoms with Crippen molar-refractivity contribution in [2.24, 2.45) is 0 Å². The molecule has 9 heteroatoms. The van der Waals surface area contributed by atoms with Crippen molar-refractivity contribution in [2.45, 2.75) is 44.8 Å². The average molecular weight is 431 g/mol. The minimum atomic E-state index is -0.704. The number of benzene rings is 1. The van der Waals surface area contributed by atoms with Gasteiger partial charge in [-0.05, 0) is 25.5 Å². The second kappa shape index (κ2) is 10.6. The number of aryl methyl sites for hydroxylation is 1. The maximum absolute atomic E-state index is 12.9. The lowest BCUT2D eigenvalue weighted by Crippen LogP contribution is -2.39. The molecule has 1 aromatic heterocycles. The molecule has 1 fully saturated rings. The van der Waals surface area contributed by atoms with E-state index < -0.39 is 18.0 Å². The Morgan fingerprint density at radius 1 is 1.19 bits per heavy atom. The topological polar surface area (TPSA) is 101 Å². The van der Waals surface area contributed by atoms with Crippen LogP contribution in [0.3, 0.4) is 0 Å². The molecule has 0 saturated carbocycles. The molecular weight excluding hydrogens is 402 g/mol. The molecule has 1 aliphatic rings. The number of hydrogen-bond donors (Lipinski definition) is 1. The van der Waals surface area contributed by atoms with E-state index in [1.54, 1.807) is 51.6 Å². The minimum Gasteiger partial charge on any atom is -0.382 e. The summed E-state index contributed by atoms with van der Waals surface area (Å²) in [5.74, 6) is -0.128. The van der Waals surface area contributed by atoms with Crippen molar-refractivity contribution >= 4 is 11.7 Å². The number of methoxy groups -OCH3 is 2. The van der Waals surface area contributed by atoms with Crippen LogP contribution in [-0.4, -0.2) is 61.2 Å². The summed E-state index contributed by atoms with van der Waals surface area (Å²) in [4.78, 5) is 29.4. The lowest BCUT2D eigenvalue weighted by atomic mass is 10.1. The van der Waals surface area contributed by atoms with Crippen LogP contribution >= 0.6 is 0 Å². The van der Waals surface area contributed by atoms with Crippen LogP contribution in [0.1, 0.15) is 35.5 Å². The molecular formula is C22H29N3O6. The molecule has 1 amide bonds. The third-order valence-electron chi connectivity index (χ3n) is 5.23. The normalized spacial score (nSPS) is 23.1. The van der Waals surface area contributed by atoms with Crippen LogP contribution in [0.4, 0.5) is 5.82 Å². The lowest BCUT2D eigenvalue weighted by Gasteiger charge is -2.24. The Morgan fingerprint density at radius 2 is 1.94 bits per heavy atom. The number of amides is 1. The molecule has 1 N–H and O–H groups in total. The van der Waals surface area contributed by atoms with Crippen LogP contribution in [-0.2, 0) is 18.9 Å². The van der Waals surface area contributed by atoms with Gasteiger partial charge in [-0.25, -0.2) is 4.79 Å². The van der Waals surface area contributed by atoms with Gasteiger partial charge in [0.2, 0.25) is 0 Å². The van der Waals surface area contributed by atoms with Gasteiger partial charge >= 0.3 is 5.69 Å². The highest BCUT2D eigenvalue weighted by molar-refractivity contribution is 6.03. The third kappa shape index (κ3) is 5.19. The van der Waals surface area contributed by atoms with Gasteiger partial charge in [0.1, 0.15) is 18.0 Å². The van der Waals surface area contributed by atoms with E-state index in [2.05, 4.69) is 10.3 Å². The molecule has 0 radical (unpaired) electrons. The van der Waals surface area contributed by atoms with Gasteiger partial charge in [-0.15, -0.1) is 0 Å². The van der Waals surface area contributed by atoms with E-state index in [0.29, 0.717) is 30.8 Å². The quantitative estimate of drug-likeness (QED) is 0.607. The van der Waals surface area contributed by atoms with E-state index in [9.17, 15) is 9.59 Å². The second-order valence-corrected chi connectivity index (χ2v) is 7.28. The molecule has 0 spiro atoms. The van der Waals surface area contributed by atoms with Gasteiger partial charge in [0, 0.05) is 31.5 Å². The summed E-state index contributed by atoms with van der Waals surface area (Å²) in [6.07, 6.45) is 0.547. The first-order valence-electron chi connectivity index (χ1n) is 10.2. The molecule has 1 aliphatic heterocycles. The van der Waals surface area contributed by atoms with E-state index in [0.717, 1.165) is 0 Å². The average Bonchev–Trinajstić information content (AvgIpc) is 3.14. The minimum absolute atomic E-state index is 0.209. The summed E-state index contributed by atoms with van der Waals surface area (Å²) in [6.45, 7) is 4.50. The van der Waals surface area contributed by atoms with Crippen molar-refractivity contribution in [3.05, 3.63) is 58.1 Å². The lowest BCUT2D eigenvalue weighted by molar-refractivity contribution is -0.0838. The zero-order chi connectivity index (χ0) is 22.4. The molecule has 3 rings (SSSR count). The molecule has 1 aromatic carbocycles. The number of aromatic nitrogens is 2. The Hall–Kier alpha value is -2.59. The number of nitrogens with one attached hydrogen (secondary N) is 1. The van der Waals surface area contributed by atoms with E-state index in [-0.39, 0.29) is 23.9 Å². The Bertz CT molecular complexity index is 933. The first-order valence-corrected chi connectivity index (χ1v) is 10.2. The molecule has 4 atom stereocenters. The fourth-order valence-electron chi connectivity index (χ4n) is 3.64. The van der Waals surface area contributed by atoms with Crippen molar-refractivity contribution in [3.63, 3.8) is 0 Å². The molecule has 168 valence electrons. The van der Waals surface area contributed by atoms with Gasteiger partial charge in [-0.3, -0.25) is 9.36 Å². The Balaban J connectivity index is 1.86. The summed E-state index contributed by atoms with van der Waals surface area (Å²) in [6, 6.07) is 8.74. The Morgan fingerprint density at radius 3 is 2.58 bits per heavy atom. The maximum Gasteiger partial charge on any atom is 0.351 e. The highest BCUT2D eigenvalue weighted by Gasteiger charge is 2.46. The van der Waals surface area contributed by atoms with Crippen molar-refractivity contribution in [1.82, 2.24) is 9.55 Å². The molecule has 2 aromatic rings. The van der Waals surface area contributed by atoms with Crippen molar-refractivity contribution in [3.8, 4) is 0 Å². The van der Waals surface area contributed by atoms with Crippen LogP contribution < -0.4 is 11.0 Å². The summed E-state index contributed by atoms with van der Waals surface area (Å²) < 4.78 is 24.2. The van der Waals surface area contributed by atoms with Gasteiger partial charge in [0.15, 0.2) is 6.23 Å². The van der Waals surface area contributed by atoms with Crippen LogP contribution in [0.5, 0.6) is 0 Å². The molecule has 31 heavy (non-hydrogen) atoms. The van der Waals surface area contributed by atoms with Gasteiger partial charge < -0.3 is 24.3 Å². The van der Waals surface area contributed by atoms with E-state index in [4.69, 9.17) is 18.9 Å². The van der Waals surface area contributed by atoms with Crippen molar-refractivity contribution < 1.29 is 23.7 Å². The van der Waals surface area contributed by atoms with E-state index >= 15 is 0 Å². The molecule has 1 unspecified atom stereocenters. The van der Waals surface area contributed by atoms with Crippen LogP contribution in [0, 0.1) is 6.92 Å². The largest absolute Gasteiger partial charge is 0.382 e. The zero-order valence-electron chi connectivity index (χ0n) is 18.2. The number of nitrogens with zero attached hydrogens (tertiary/aromatic N) is 2. The predicted octanol–water partition coefficient (Wildman–Crippen LogP) is 2.16. The molecule has 2 heterocycles. The zero-order valence-corrected chi connectivity index (χ0v) is 18.2. The van der Waals surface area contributed by atoms with Crippen molar-refractivity contribution in [1.29, 1.82) is 0 Å². The number of anilines is 1. The summed E-state index contributed by atoms with van der Waals surface area (Å²) in [7, 11) is 3.19. The summed E-state index contributed by atoms with van der Waals surface area (Å²) in [5, 5.41) is 2.70. The molecule has 9 nitrogen and oxygen atoms in total. The standard InChI is InChI=1S/C22H29N3O6/c1-5-16-17(29-4)18(30-12-11-28-3)21(31-16)25-13-14(2)19(24-22(25)27)23-20(26)15-9-7-6-8-10-15/h6-10,13,16-18,21H,5,11-12H2,1-4H3,(H,23,24,26,27)/t16-,17?,18+,21-/m1/s1. The SMILES string of the molecule is CC[C@H]1O[C@@H](n2cc(C)c(NC(=O)c3ccccc3)nc2=O)[C@@H](OCCOC)C1OC. The van der Waals surface area contributed by atoms with Crippen molar-refractivity contribution in [2.75, 3.05) is 32.8 Å². The van der Waals surface area contributed by atoms with Gasteiger partial charge in [0.25, 0.3) is 5.91 Å². The van der Waals surface area contributed by atoms with Gasteiger partial charge in [-0.2, -0.15) is 4.98 Å². The third-order valence-corrected chi connectivity index (χ3v) is 5.23. The number of rotatable bonds is 9. The van der Waals surface area contributed by atoms with E-state index in [1.807, 2.05) is 13.0 Å². The number of hydrogen-bond acceptors (Lipinski definition) is 7. The highest BCUT2D eigenvalue weighted by atomic mass is 16.6. The maximum atomic E-state index is 12.9. The summed E-state index contributed by atoms with van der Waals surface area (Å²) >= 11 is 0. The molecule has 0 aliphatic carbocycles. The Labute approximate surface area is 181 Å². The number of ether oxygens (including phenoxy) is 4. The second-order valence-electron chi connectivity index (χ2n) is 7.28. The smallest absolute Gasteiger partial charge is 0.351 e. The molecule has 1 saturated heterocycles.